The maximum absolute atomic E-state index is 11.6. The predicted octanol–water partition coefficient (Wildman–Crippen LogP) is 2.54. The smallest absolute Gasteiger partial charge is 0.223 e. The van der Waals surface area contributed by atoms with Crippen molar-refractivity contribution in [2.75, 3.05) is 13.6 Å². The van der Waals surface area contributed by atoms with Gasteiger partial charge in [-0.2, -0.15) is 0 Å². The fourth-order valence-corrected chi connectivity index (χ4v) is 1.29. The Morgan fingerprint density at radius 3 is 2.33 bits per heavy atom. The maximum Gasteiger partial charge on any atom is 0.223 e. The Morgan fingerprint density at radius 2 is 1.87 bits per heavy atom. The largest absolute Gasteiger partial charge is 0.345 e. The molecule has 0 aliphatic carbocycles. The molecule has 86 valence electrons. The quantitative estimate of drug-likeness (QED) is 0.652. The van der Waals surface area contributed by atoms with Crippen LogP contribution < -0.4 is 0 Å². The van der Waals surface area contributed by atoms with Crippen LogP contribution in [0, 0.1) is 23.7 Å². The van der Waals surface area contributed by atoms with E-state index in [4.69, 9.17) is 0 Å². The van der Waals surface area contributed by atoms with Gasteiger partial charge in [0, 0.05) is 32.4 Å². The molecule has 0 saturated carbocycles. The van der Waals surface area contributed by atoms with E-state index >= 15 is 0 Å². The third kappa shape index (κ3) is 8.05. The molecule has 0 aliphatic heterocycles. The Morgan fingerprint density at radius 1 is 1.27 bits per heavy atom. The average Bonchev–Trinajstić information content (AvgIpc) is 2.10. The second-order valence-electron chi connectivity index (χ2n) is 4.64. The zero-order valence-corrected chi connectivity index (χ0v) is 10.6. The molecule has 0 radical (unpaired) electrons. The average molecular weight is 209 g/mol. The molecule has 0 saturated heterocycles. The van der Waals surface area contributed by atoms with Gasteiger partial charge in [0.15, 0.2) is 0 Å². The van der Waals surface area contributed by atoms with E-state index in [1.165, 1.54) is 0 Å². The minimum Gasteiger partial charge on any atom is -0.345 e. The number of amides is 1. The molecule has 0 aliphatic rings. The van der Waals surface area contributed by atoms with Gasteiger partial charge in [-0.3, -0.25) is 4.79 Å². The second-order valence-corrected chi connectivity index (χ2v) is 4.64. The van der Waals surface area contributed by atoms with E-state index in [1.54, 1.807) is 4.90 Å². The molecule has 0 fully saturated rings. The molecule has 15 heavy (non-hydrogen) atoms. The molecule has 0 heterocycles. The summed E-state index contributed by atoms with van der Waals surface area (Å²) in [7, 11) is 1.86. The fourth-order valence-electron chi connectivity index (χ4n) is 1.29. The van der Waals surface area contributed by atoms with Gasteiger partial charge in [-0.15, -0.1) is 11.8 Å². The summed E-state index contributed by atoms with van der Waals surface area (Å²) >= 11 is 0. The number of carbonyl (C=O) groups is 1. The normalized spacial score (nSPS) is 10.1. The third-order valence-corrected chi connectivity index (χ3v) is 1.92. The van der Waals surface area contributed by atoms with Crippen LogP contribution >= 0.6 is 0 Å². The van der Waals surface area contributed by atoms with E-state index in [-0.39, 0.29) is 5.91 Å². The highest BCUT2D eigenvalue weighted by Gasteiger charge is 2.08. The lowest BCUT2D eigenvalue weighted by Crippen LogP contribution is -2.29. The lowest BCUT2D eigenvalue weighted by Gasteiger charge is -2.18. The standard InChI is InChI=1S/C13H23NO/c1-11(2)8-6-7-9-13(15)14(5)10-12(3)4/h11-12H,7,9-10H2,1-5H3. The summed E-state index contributed by atoms with van der Waals surface area (Å²) in [5.41, 5.74) is 0. The van der Waals surface area contributed by atoms with Crippen LogP contribution in [0.15, 0.2) is 0 Å². The van der Waals surface area contributed by atoms with Crippen molar-refractivity contribution in [1.29, 1.82) is 0 Å². The SMILES string of the molecule is CC(C)C#CCCC(=O)N(C)CC(C)C. The van der Waals surface area contributed by atoms with E-state index in [9.17, 15) is 4.79 Å². The van der Waals surface area contributed by atoms with E-state index in [1.807, 2.05) is 7.05 Å². The highest BCUT2D eigenvalue weighted by molar-refractivity contribution is 5.76. The van der Waals surface area contributed by atoms with E-state index in [2.05, 4.69) is 39.5 Å². The monoisotopic (exact) mass is 209 g/mol. The predicted molar refractivity (Wildman–Crippen MR) is 64.3 cm³/mol. The van der Waals surface area contributed by atoms with Gasteiger partial charge in [-0.05, 0) is 5.92 Å². The molecule has 0 N–H and O–H groups in total. The second kappa shape index (κ2) is 7.34. The van der Waals surface area contributed by atoms with Crippen LogP contribution in [-0.4, -0.2) is 24.4 Å². The van der Waals surface area contributed by atoms with Gasteiger partial charge in [0.05, 0.1) is 0 Å². The first-order valence-corrected chi connectivity index (χ1v) is 5.65. The first-order valence-electron chi connectivity index (χ1n) is 5.65. The Labute approximate surface area is 94.0 Å². The number of rotatable bonds is 4. The number of hydrogen-bond acceptors (Lipinski definition) is 1. The molecule has 0 rings (SSSR count). The summed E-state index contributed by atoms with van der Waals surface area (Å²) in [6.07, 6.45) is 1.22. The zero-order valence-electron chi connectivity index (χ0n) is 10.6. The van der Waals surface area contributed by atoms with Crippen molar-refractivity contribution < 1.29 is 4.79 Å². The van der Waals surface area contributed by atoms with Crippen LogP contribution in [0.2, 0.25) is 0 Å². The van der Waals surface area contributed by atoms with Gasteiger partial charge in [0.1, 0.15) is 0 Å². The maximum atomic E-state index is 11.6. The zero-order chi connectivity index (χ0) is 11.8. The molecule has 0 unspecified atom stereocenters. The van der Waals surface area contributed by atoms with Crippen LogP contribution in [0.1, 0.15) is 40.5 Å². The van der Waals surface area contributed by atoms with Crippen LogP contribution in [0.25, 0.3) is 0 Å². The molecule has 0 atom stereocenters. The molecule has 0 spiro atoms. The Kier molecular flexibility index (Phi) is 6.86. The highest BCUT2D eigenvalue weighted by atomic mass is 16.2. The molecule has 0 bridgehead atoms. The molecule has 0 aromatic rings. The van der Waals surface area contributed by atoms with Crippen molar-refractivity contribution in [2.45, 2.75) is 40.5 Å². The summed E-state index contributed by atoms with van der Waals surface area (Å²) in [6.45, 7) is 9.17. The first-order chi connectivity index (χ1) is 6.93. The van der Waals surface area contributed by atoms with E-state index in [0.717, 1.165) is 6.54 Å². The first kappa shape index (κ1) is 14.0. The summed E-state index contributed by atoms with van der Waals surface area (Å²) in [5, 5.41) is 0. The minimum absolute atomic E-state index is 0.196. The van der Waals surface area contributed by atoms with Gasteiger partial charge < -0.3 is 4.90 Å². The van der Waals surface area contributed by atoms with Crippen molar-refractivity contribution in [2.24, 2.45) is 11.8 Å². The van der Waals surface area contributed by atoms with Crippen molar-refractivity contribution in [3.63, 3.8) is 0 Å². The molecule has 0 aromatic carbocycles. The van der Waals surface area contributed by atoms with Gasteiger partial charge in [-0.25, -0.2) is 0 Å². The number of carbonyl (C=O) groups excluding carboxylic acids is 1. The highest BCUT2D eigenvalue weighted by Crippen LogP contribution is 2.00. The van der Waals surface area contributed by atoms with Crippen molar-refractivity contribution >= 4 is 5.91 Å². The van der Waals surface area contributed by atoms with Crippen LogP contribution in [0.3, 0.4) is 0 Å². The van der Waals surface area contributed by atoms with Gasteiger partial charge in [0.2, 0.25) is 5.91 Å². The summed E-state index contributed by atoms with van der Waals surface area (Å²) in [4.78, 5) is 13.4. The van der Waals surface area contributed by atoms with Crippen LogP contribution in [-0.2, 0) is 4.79 Å². The van der Waals surface area contributed by atoms with Crippen molar-refractivity contribution in [1.82, 2.24) is 4.90 Å². The van der Waals surface area contributed by atoms with Crippen LogP contribution in [0.4, 0.5) is 0 Å². The van der Waals surface area contributed by atoms with Gasteiger partial charge in [0.25, 0.3) is 0 Å². The molecular formula is C13H23NO. The van der Waals surface area contributed by atoms with Crippen molar-refractivity contribution in [3.05, 3.63) is 0 Å². The molecule has 1 amide bonds. The lowest BCUT2D eigenvalue weighted by molar-refractivity contribution is -0.130. The van der Waals surface area contributed by atoms with Crippen LogP contribution in [0.5, 0.6) is 0 Å². The Hall–Kier alpha value is -0.970. The summed E-state index contributed by atoms with van der Waals surface area (Å²) in [5.74, 6) is 7.21. The molecule has 2 heteroatoms. The molecule has 2 nitrogen and oxygen atoms in total. The number of hydrogen-bond donors (Lipinski definition) is 0. The fraction of sp³-hybridized carbons (Fsp3) is 0.769. The molecular weight excluding hydrogens is 186 g/mol. The van der Waals surface area contributed by atoms with E-state index in [0.29, 0.717) is 24.7 Å². The summed E-state index contributed by atoms with van der Waals surface area (Å²) in [6, 6.07) is 0. The molecule has 0 aromatic heterocycles. The Bertz CT molecular complexity index is 245. The summed E-state index contributed by atoms with van der Waals surface area (Å²) < 4.78 is 0. The lowest BCUT2D eigenvalue weighted by atomic mass is 10.2. The third-order valence-electron chi connectivity index (χ3n) is 1.92. The Balaban J connectivity index is 3.80. The number of nitrogens with zero attached hydrogens (tertiary/aromatic N) is 1. The van der Waals surface area contributed by atoms with Gasteiger partial charge >= 0.3 is 0 Å². The van der Waals surface area contributed by atoms with Crippen molar-refractivity contribution in [3.8, 4) is 11.8 Å². The topological polar surface area (TPSA) is 20.3 Å². The van der Waals surface area contributed by atoms with E-state index < -0.39 is 0 Å². The minimum atomic E-state index is 0.196. The van der Waals surface area contributed by atoms with Gasteiger partial charge in [-0.1, -0.05) is 27.7 Å².